The Morgan fingerprint density at radius 2 is 1.89 bits per heavy atom. The minimum atomic E-state index is -1.00. The number of phenolic OH excluding ortho intramolecular Hbond substituents is 1. The van der Waals surface area contributed by atoms with E-state index in [0.717, 1.165) is 18.7 Å². The smallest absolute Gasteiger partial charge is 0.328 e. The van der Waals surface area contributed by atoms with Crippen LogP contribution in [-0.4, -0.2) is 47.3 Å². The number of aromatic hydroxyl groups is 1. The Morgan fingerprint density at radius 3 is 2.37 bits per heavy atom. The van der Waals surface area contributed by atoms with Crippen LogP contribution in [0.5, 0.6) is 5.75 Å². The van der Waals surface area contributed by atoms with Crippen molar-refractivity contribution < 1.29 is 15.0 Å². The minimum absolute atomic E-state index is 0.152. The first-order valence-corrected chi connectivity index (χ1v) is 6.60. The van der Waals surface area contributed by atoms with Crippen LogP contribution in [0.2, 0.25) is 0 Å². The lowest BCUT2D eigenvalue weighted by molar-refractivity contribution is -0.153. The van der Waals surface area contributed by atoms with E-state index in [1.165, 1.54) is 0 Å². The third-order valence-corrected chi connectivity index (χ3v) is 3.87. The van der Waals surface area contributed by atoms with E-state index in [0.29, 0.717) is 19.5 Å². The van der Waals surface area contributed by atoms with Gasteiger partial charge in [0.05, 0.1) is 0 Å². The molecule has 1 heterocycles. The molecule has 1 atom stereocenters. The molecule has 1 aliphatic heterocycles. The van der Waals surface area contributed by atoms with Gasteiger partial charge in [-0.1, -0.05) is 19.1 Å². The summed E-state index contributed by atoms with van der Waals surface area (Å²) < 4.78 is 0. The standard InChI is InChI=1S/C14H20N2O3/c1-2-14(13(18)19,16-9-7-15-8-10-16)11-3-5-12(17)6-4-11/h3-6,15,17H,2,7-10H2,1H3,(H,18,19). The molecule has 0 bridgehead atoms. The topological polar surface area (TPSA) is 72.8 Å². The molecule has 5 nitrogen and oxygen atoms in total. The van der Waals surface area contributed by atoms with Gasteiger partial charge >= 0.3 is 5.97 Å². The highest BCUT2D eigenvalue weighted by Crippen LogP contribution is 2.33. The van der Waals surface area contributed by atoms with Gasteiger partial charge in [-0.15, -0.1) is 0 Å². The second kappa shape index (κ2) is 5.59. The molecule has 1 aromatic carbocycles. The number of hydrogen-bond acceptors (Lipinski definition) is 4. The van der Waals surface area contributed by atoms with E-state index >= 15 is 0 Å². The van der Waals surface area contributed by atoms with E-state index in [9.17, 15) is 15.0 Å². The Balaban J connectivity index is 2.43. The lowest BCUT2D eigenvalue weighted by Gasteiger charge is -2.42. The van der Waals surface area contributed by atoms with E-state index in [2.05, 4.69) is 5.32 Å². The van der Waals surface area contributed by atoms with Crippen molar-refractivity contribution >= 4 is 5.97 Å². The van der Waals surface area contributed by atoms with Crippen LogP contribution in [0.1, 0.15) is 18.9 Å². The molecule has 1 unspecified atom stereocenters. The molecule has 1 fully saturated rings. The summed E-state index contributed by atoms with van der Waals surface area (Å²) in [5.74, 6) is -0.679. The molecule has 0 radical (unpaired) electrons. The molecule has 104 valence electrons. The van der Waals surface area contributed by atoms with Crippen molar-refractivity contribution in [3.8, 4) is 5.75 Å². The van der Waals surface area contributed by atoms with Crippen LogP contribution in [-0.2, 0) is 10.3 Å². The van der Waals surface area contributed by atoms with Crippen molar-refractivity contribution in [1.82, 2.24) is 10.2 Å². The zero-order valence-corrected chi connectivity index (χ0v) is 11.1. The fourth-order valence-corrected chi connectivity index (χ4v) is 2.80. The molecule has 2 rings (SSSR count). The van der Waals surface area contributed by atoms with Gasteiger partial charge in [0.25, 0.3) is 0 Å². The fraction of sp³-hybridized carbons (Fsp3) is 0.500. The molecule has 0 saturated carbocycles. The largest absolute Gasteiger partial charge is 0.508 e. The zero-order valence-electron chi connectivity index (χ0n) is 11.1. The normalized spacial score (nSPS) is 19.8. The van der Waals surface area contributed by atoms with Gasteiger partial charge in [0.1, 0.15) is 11.3 Å². The number of aliphatic carboxylic acids is 1. The second-order valence-electron chi connectivity index (χ2n) is 4.80. The van der Waals surface area contributed by atoms with Crippen LogP contribution < -0.4 is 5.32 Å². The third-order valence-electron chi connectivity index (χ3n) is 3.87. The summed E-state index contributed by atoms with van der Waals surface area (Å²) in [6, 6.07) is 6.50. The minimum Gasteiger partial charge on any atom is -0.508 e. The van der Waals surface area contributed by atoms with Crippen LogP contribution in [0.25, 0.3) is 0 Å². The van der Waals surface area contributed by atoms with Gasteiger partial charge in [0.15, 0.2) is 0 Å². The molecule has 3 N–H and O–H groups in total. The van der Waals surface area contributed by atoms with E-state index in [4.69, 9.17) is 0 Å². The molecule has 1 saturated heterocycles. The van der Waals surface area contributed by atoms with Crippen molar-refractivity contribution in [3.05, 3.63) is 29.8 Å². The Labute approximate surface area is 112 Å². The Bertz CT molecular complexity index is 441. The number of nitrogens with zero attached hydrogens (tertiary/aromatic N) is 1. The number of phenols is 1. The summed E-state index contributed by atoms with van der Waals surface area (Å²) in [5.41, 5.74) is -0.280. The number of carboxylic acids is 1. The van der Waals surface area contributed by atoms with Crippen LogP contribution in [0.15, 0.2) is 24.3 Å². The first-order valence-electron chi connectivity index (χ1n) is 6.60. The number of carbonyl (C=O) groups is 1. The fourth-order valence-electron chi connectivity index (χ4n) is 2.80. The van der Waals surface area contributed by atoms with Crippen molar-refractivity contribution in [2.45, 2.75) is 18.9 Å². The maximum atomic E-state index is 11.9. The summed E-state index contributed by atoms with van der Waals surface area (Å²) in [5, 5.41) is 22.4. The predicted octanol–water partition coefficient (Wildman–Crippen LogP) is 0.987. The van der Waals surface area contributed by atoms with E-state index < -0.39 is 11.5 Å². The van der Waals surface area contributed by atoms with Crippen LogP contribution in [0.3, 0.4) is 0 Å². The average molecular weight is 264 g/mol. The van der Waals surface area contributed by atoms with Crippen molar-refractivity contribution in [1.29, 1.82) is 0 Å². The van der Waals surface area contributed by atoms with Gasteiger partial charge < -0.3 is 15.5 Å². The maximum absolute atomic E-state index is 11.9. The lowest BCUT2D eigenvalue weighted by atomic mass is 9.84. The maximum Gasteiger partial charge on any atom is 0.328 e. The van der Waals surface area contributed by atoms with Gasteiger partial charge in [0.2, 0.25) is 0 Å². The Kier molecular flexibility index (Phi) is 4.07. The molecule has 0 amide bonds. The zero-order chi connectivity index (χ0) is 13.9. The highest BCUT2D eigenvalue weighted by atomic mass is 16.4. The number of rotatable bonds is 4. The second-order valence-corrected chi connectivity index (χ2v) is 4.80. The van der Waals surface area contributed by atoms with Crippen LogP contribution in [0, 0.1) is 0 Å². The summed E-state index contributed by atoms with van der Waals surface area (Å²) in [6.45, 7) is 4.91. The van der Waals surface area contributed by atoms with Crippen molar-refractivity contribution in [3.63, 3.8) is 0 Å². The Morgan fingerprint density at radius 1 is 1.32 bits per heavy atom. The number of hydrogen-bond donors (Lipinski definition) is 3. The Hall–Kier alpha value is -1.59. The highest BCUT2D eigenvalue weighted by molar-refractivity contribution is 5.81. The molecular formula is C14H20N2O3. The van der Waals surface area contributed by atoms with Crippen LogP contribution in [0.4, 0.5) is 0 Å². The van der Waals surface area contributed by atoms with Crippen LogP contribution >= 0.6 is 0 Å². The van der Waals surface area contributed by atoms with Gasteiger partial charge in [-0.25, -0.2) is 4.79 Å². The summed E-state index contributed by atoms with van der Waals surface area (Å²) in [6.07, 6.45) is 0.493. The quantitative estimate of drug-likeness (QED) is 0.756. The predicted molar refractivity (Wildman–Crippen MR) is 72.2 cm³/mol. The summed E-state index contributed by atoms with van der Waals surface area (Å²) >= 11 is 0. The van der Waals surface area contributed by atoms with Gasteiger partial charge in [-0.05, 0) is 24.1 Å². The molecule has 0 aliphatic carbocycles. The van der Waals surface area contributed by atoms with Gasteiger partial charge in [-0.3, -0.25) is 4.90 Å². The number of nitrogens with one attached hydrogen (secondary N) is 1. The SMILES string of the molecule is CCC(C(=O)O)(c1ccc(O)cc1)N1CCNCC1. The first kappa shape index (κ1) is 13.8. The van der Waals surface area contributed by atoms with E-state index in [-0.39, 0.29) is 5.75 Å². The lowest BCUT2D eigenvalue weighted by Crippen LogP contribution is -2.58. The molecule has 0 aromatic heterocycles. The third kappa shape index (κ3) is 2.43. The highest BCUT2D eigenvalue weighted by Gasteiger charge is 2.44. The van der Waals surface area contributed by atoms with Crippen molar-refractivity contribution in [2.24, 2.45) is 0 Å². The summed E-state index contributed by atoms with van der Waals surface area (Å²) in [4.78, 5) is 13.9. The monoisotopic (exact) mass is 264 g/mol. The molecule has 19 heavy (non-hydrogen) atoms. The number of carboxylic acid groups (broad SMARTS) is 1. The van der Waals surface area contributed by atoms with Gasteiger partial charge in [-0.2, -0.15) is 0 Å². The van der Waals surface area contributed by atoms with Gasteiger partial charge in [0, 0.05) is 26.2 Å². The first-order chi connectivity index (χ1) is 9.11. The summed E-state index contributed by atoms with van der Waals surface area (Å²) in [7, 11) is 0. The molecule has 1 aromatic rings. The van der Waals surface area contributed by atoms with E-state index in [1.807, 2.05) is 11.8 Å². The molecular weight excluding hydrogens is 244 g/mol. The molecule has 0 spiro atoms. The molecule has 1 aliphatic rings. The number of benzene rings is 1. The van der Waals surface area contributed by atoms with Crippen molar-refractivity contribution in [2.75, 3.05) is 26.2 Å². The number of piperazine rings is 1. The molecule has 5 heteroatoms. The van der Waals surface area contributed by atoms with E-state index in [1.54, 1.807) is 24.3 Å². The average Bonchev–Trinajstić information content (AvgIpc) is 2.43.